The van der Waals surface area contributed by atoms with Gasteiger partial charge in [-0.15, -0.1) is 0 Å². The molecule has 8 heteroatoms. The minimum Gasteiger partial charge on any atom is -0.495 e. The molecule has 3 rings (SSSR count). The smallest absolute Gasteiger partial charge is 0.252 e. The van der Waals surface area contributed by atoms with Gasteiger partial charge >= 0.3 is 0 Å². The van der Waals surface area contributed by atoms with Crippen molar-refractivity contribution in [1.29, 1.82) is 0 Å². The highest BCUT2D eigenvalue weighted by atomic mass is 16.5. The lowest BCUT2D eigenvalue weighted by molar-refractivity contribution is -0.137. The molecule has 0 aliphatic carbocycles. The van der Waals surface area contributed by atoms with Gasteiger partial charge in [0.25, 0.3) is 5.91 Å². The highest BCUT2D eigenvalue weighted by molar-refractivity contribution is 5.98. The Hall–Kier alpha value is -2.32. The number of nitrogens with one attached hydrogen (secondary N) is 1. The first-order valence-electron chi connectivity index (χ1n) is 11.3. The number of anilines is 1. The van der Waals surface area contributed by atoms with Gasteiger partial charge in [-0.1, -0.05) is 13.8 Å². The molecule has 1 aromatic rings. The SMILES string of the molecule is COc1ccc(C(=O)N[C@@H](C(=O)N2CCN(C3CCCCN3C)CC2)C(C)C)cc1N. The van der Waals surface area contributed by atoms with E-state index >= 15 is 0 Å². The Kier molecular flexibility index (Phi) is 7.78. The zero-order chi connectivity index (χ0) is 22.5. The third kappa shape index (κ3) is 5.49. The Morgan fingerprint density at radius 2 is 1.84 bits per heavy atom. The number of piperidine rings is 1. The summed E-state index contributed by atoms with van der Waals surface area (Å²) in [5.41, 5.74) is 6.75. The fraction of sp³-hybridized carbons (Fsp3) is 0.652. The first kappa shape index (κ1) is 23.3. The lowest BCUT2D eigenvalue weighted by Crippen LogP contribution is -2.60. The van der Waals surface area contributed by atoms with E-state index in [1.54, 1.807) is 18.2 Å². The van der Waals surface area contributed by atoms with Crippen molar-refractivity contribution in [3.63, 3.8) is 0 Å². The number of benzene rings is 1. The number of amides is 2. The lowest BCUT2D eigenvalue weighted by Gasteiger charge is -2.45. The number of carbonyl (C=O) groups is 2. The van der Waals surface area contributed by atoms with E-state index < -0.39 is 6.04 Å². The fourth-order valence-electron chi connectivity index (χ4n) is 4.57. The molecule has 172 valence electrons. The van der Waals surface area contributed by atoms with Crippen LogP contribution in [-0.4, -0.2) is 85.6 Å². The van der Waals surface area contributed by atoms with Crippen molar-refractivity contribution in [2.24, 2.45) is 5.92 Å². The van der Waals surface area contributed by atoms with Crippen molar-refractivity contribution < 1.29 is 14.3 Å². The number of ether oxygens (including phenoxy) is 1. The molecule has 31 heavy (non-hydrogen) atoms. The summed E-state index contributed by atoms with van der Waals surface area (Å²) < 4.78 is 5.15. The van der Waals surface area contributed by atoms with Crippen LogP contribution in [0.3, 0.4) is 0 Å². The number of methoxy groups -OCH3 is 1. The van der Waals surface area contributed by atoms with Gasteiger partial charge in [-0.05, 0) is 57.0 Å². The zero-order valence-electron chi connectivity index (χ0n) is 19.3. The van der Waals surface area contributed by atoms with Crippen LogP contribution in [0.4, 0.5) is 5.69 Å². The minimum absolute atomic E-state index is 0.0125. The molecule has 0 aromatic heterocycles. The predicted molar refractivity (Wildman–Crippen MR) is 122 cm³/mol. The quantitative estimate of drug-likeness (QED) is 0.665. The average Bonchev–Trinajstić information content (AvgIpc) is 2.77. The standard InChI is InChI=1S/C23H37N5O3/c1-16(2)21(25-22(29)17-8-9-19(31-4)18(24)15-17)23(30)28-13-11-27(12-14-28)20-7-5-6-10-26(20)3/h8-9,15-16,20-21H,5-7,10-14,24H2,1-4H3,(H,25,29)/t20?,21-/m1/s1. The number of nitrogen functional groups attached to an aromatic ring is 1. The summed E-state index contributed by atoms with van der Waals surface area (Å²) >= 11 is 0. The molecule has 0 saturated carbocycles. The van der Waals surface area contributed by atoms with Crippen molar-refractivity contribution in [1.82, 2.24) is 20.0 Å². The van der Waals surface area contributed by atoms with Crippen LogP contribution >= 0.6 is 0 Å². The minimum atomic E-state index is -0.570. The van der Waals surface area contributed by atoms with Crippen LogP contribution in [-0.2, 0) is 4.79 Å². The Morgan fingerprint density at radius 3 is 2.42 bits per heavy atom. The van der Waals surface area contributed by atoms with Crippen LogP contribution in [0.15, 0.2) is 18.2 Å². The summed E-state index contributed by atoms with van der Waals surface area (Å²) in [5, 5.41) is 2.93. The van der Waals surface area contributed by atoms with E-state index in [1.165, 1.54) is 26.4 Å². The molecular formula is C23H37N5O3. The molecule has 1 aromatic carbocycles. The van der Waals surface area contributed by atoms with Crippen LogP contribution in [0.25, 0.3) is 0 Å². The molecule has 2 aliphatic rings. The second-order valence-electron chi connectivity index (χ2n) is 8.97. The van der Waals surface area contributed by atoms with Gasteiger partial charge < -0.3 is 20.7 Å². The molecule has 0 radical (unpaired) electrons. The maximum atomic E-state index is 13.3. The second-order valence-corrected chi connectivity index (χ2v) is 8.97. The van der Waals surface area contributed by atoms with E-state index in [2.05, 4.69) is 22.2 Å². The maximum Gasteiger partial charge on any atom is 0.252 e. The zero-order valence-corrected chi connectivity index (χ0v) is 19.3. The third-order valence-electron chi connectivity index (χ3n) is 6.49. The number of rotatable bonds is 6. The number of nitrogens with two attached hydrogens (primary N) is 1. The van der Waals surface area contributed by atoms with E-state index in [-0.39, 0.29) is 17.7 Å². The van der Waals surface area contributed by atoms with Crippen LogP contribution in [0.2, 0.25) is 0 Å². The predicted octanol–water partition coefficient (Wildman–Crippen LogP) is 1.62. The highest BCUT2D eigenvalue weighted by Gasteiger charge is 2.33. The normalized spacial score (nSPS) is 21.7. The summed E-state index contributed by atoms with van der Waals surface area (Å²) in [5.74, 6) is 0.189. The van der Waals surface area contributed by atoms with Gasteiger partial charge in [0.2, 0.25) is 5.91 Å². The molecule has 1 unspecified atom stereocenters. The molecule has 2 amide bonds. The molecular weight excluding hydrogens is 394 g/mol. The molecule has 3 N–H and O–H groups in total. The van der Waals surface area contributed by atoms with Crippen molar-refractivity contribution in [2.45, 2.75) is 45.3 Å². The van der Waals surface area contributed by atoms with E-state index in [4.69, 9.17) is 10.5 Å². The molecule has 2 aliphatic heterocycles. The Bertz CT molecular complexity index is 776. The summed E-state index contributed by atoms with van der Waals surface area (Å²) in [6, 6.07) is 4.33. The van der Waals surface area contributed by atoms with E-state index in [0.717, 1.165) is 19.6 Å². The molecule has 2 saturated heterocycles. The Balaban J connectivity index is 1.60. The molecule has 0 bridgehead atoms. The molecule has 2 atom stereocenters. The average molecular weight is 432 g/mol. The van der Waals surface area contributed by atoms with Crippen LogP contribution in [0.1, 0.15) is 43.5 Å². The lowest BCUT2D eigenvalue weighted by atomic mass is 10.0. The van der Waals surface area contributed by atoms with Crippen LogP contribution < -0.4 is 15.8 Å². The molecule has 0 spiro atoms. The van der Waals surface area contributed by atoms with Gasteiger partial charge in [0, 0.05) is 31.7 Å². The topological polar surface area (TPSA) is 91.1 Å². The number of hydrogen-bond acceptors (Lipinski definition) is 6. The van der Waals surface area contributed by atoms with Crippen molar-refractivity contribution in [3.05, 3.63) is 23.8 Å². The van der Waals surface area contributed by atoms with Gasteiger partial charge in [0.1, 0.15) is 11.8 Å². The van der Waals surface area contributed by atoms with E-state index in [1.807, 2.05) is 18.7 Å². The number of piperazine rings is 1. The fourth-order valence-corrected chi connectivity index (χ4v) is 4.57. The van der Waals surface area contributed by atoms with Crippen molar-refractivity contribution in [2.75, 3.05) is 52.6 Å². The molecule has 2 fully saturated rings. The first-order valence-corrected chi connectivity index (χ1v) is 11.3. The number of nitrogens with zero attached hydrogens (tertiary/aromatic N) is 3. The second kappa shape index (κ2) is 10.3. The molecule has 8 nitrogen and oxygen atoms in total. The van der Waals surface area contributed by atoms with E-state index in [9.17, 15) is 9.59 Å². The Morgan fingerprint density at radius 1 is 1.13 bits per heavy atom. The van der Waals surface area contributed by atoms with Gasteiger partial charge in [0.05, 0.1) is 19.0 Å². The number of carbonyl (C=O) groups excluding carboxylic acids is 2. The maximum absolute atomic E-state index is 13.3. The van der Waals surface area contributed by atoms with E-state index in [0.29, 0.717) is 36.3 Å². The summed E-state index contributed by atoms with van der Waals surface area (Å²) in [6.45, 7) is 8.18. The van der Waals surface area contributed by atoms with Gasteiger partial charge in [-0.2, -0.15) is 0 Å². The molecule has 2 heterocycles. The number of likely N-dealkylation sites (tertiary alicyclic amines) is 1. The van der Waals surface area contributed by atoms with Crippen molar-refractivity contribution in [3.8, 4) is 5.75 Å². The third-order valence-corrected chi connectivity index (χ3v) is 6.49. The van der Waals surface area contributed by atoms with Gasteiger partial charge in [-0.3, -0.25) is 19.4 Å². The Labute approximate surface area is 185 Å². The van der Waals surface area contributed by atoms with Crippen LogP contribution in [0, 0.1) is 5.92 Å². The summed E-state index contributed by atoms with van der Waals surface area (Å²) in [7, 11) is 3.72. The van der Waals surface area contributed by atoms with Gasteiger partial charge in [-0.25, -0.2) is 0 Å². The number of hydrogen-bond donors (Lipinski definition) is 2. The van der Waals surface area contributed by atoms with Crippen molar-refractivity contribution >= 4 is 17.5 Å². The highest BCUT2D eigenvalue weighted by Crippen LogP contribution is 2.23. The monoisotopic (exact) mass is 431 g/mol. The van der Waals surface area contributed by atoms with Crippen LogP contribution in [0.5, 0.6) is 5.75 Å². The van der Waals surface area contributed by atoms with Gasteiger partial charge in [0.15, 0.2) is 0 Å². The summed E-state index contributed by atoms with van der Waals surface area (Å²) in [6.07, 6.45) is 4.21. The summed E-state index contributed by atoms with van der Waals surface area (Å²) in [4.78, 5) is 32.9. The first-order chi connectivity index (χ1) is 14.8. The largest absolute Gasteiger partial charge is 0.495 e.